The van der Waals surface area contributed by atoms with E-state index in [2.05, 4.69) is 5.32 Å². The second-order valence-electron chi connectivity index (χ2n) is 5.63. The highest BCUT2D eigenvalue weighted by atomic mass is 19.1. The zero-order valence-electron chi connectivity index (χ0n) is 13.8. The van der Waals surface area contributed by atoms with E-state index >= 15 is 0 Å². The average molecular weight is 358 g/mol. The second kappa shape index (κ2) is 7.22. The summed E-state index contributed by atoms with van der Waals surface area (Å²) < 4.78 is 24.0. The monoisotopic (exact) mass is 358 g/mol. The van der Waals surface area contributed by atoms with Crippen LogP contribution in [0.3, 0.4) is 0 Å². The fourth-order valence-corrected chi connectivity index (χ4v) is 2.47. The van der Waals surface area contributed by atoms with Crippen LogP contribution in [0.5, 0.6) is 5.75 Å². The fourth-order valence-electron chi connectivity index (χ4n) is 2.47. The number of fused-ring (bicyclic) bond motifs is 1. The van der Waals surface area contributed by atoms with Crippen molar-refractivity contribution in [2.24, 2.45) is 0 Å². The predicted octanol–water partition coefficient (Wildman–Crippen LogP) is 3.74. The molecule has 0 radical (unpaired) electrons. The van der Waals surface area contributed by atoms with Crippen LogP contribution in [0, 0.1) is 15.9 Å². The highest BCUT2D eigenvalue weighted by molar-refractivity contribution is 5.80. The molecule has 1 N–H and O–H groups in total. The number of hydrogen-bond donors (Lipinski definition) is 1. The van der Waals surface area contributed by atoms with Crippen molar-refractivity contribution < 1.29 is 23.3 Å². The Hall–Kier alpha value is -3.42. The Bertz CT molecular complexity index is 936. The zero-order valence-corrected chi connectivity index (χ0v) is 13.8. The third-order valence-corrected chi connectivity index (χ3v) is 3.73. The van der Waals surface area contributed by atoms with Gasteiger partial charge in [0.05, 0.1) is 11.0 Å². The Morgan fingerprint density at radius 1 is 1.31 bits per heavy atom. The number of carbonyl (C=O) groups excluding carboxylic acids is 1. The molecule has 0 fully saturated rings. The molecule has 0 aliphatic carbocycles. The molecular formula is C18H15FN2O5. The van der Waals surface area contributed by atoms with E-state index in [9.17, 15) is 19.3 Å². The zero-order chi connectivity index (χ0) is 18.7. The van der Waals surface area contributed by atoms with E-state index in [1.165, 1.54) is 0 Å². The van der Waals surface area contributed by atoms with Crippen LogP contribution in [-0.2, 0) is 4.79 Å². The van der Waals surface area contributed by atoms with Crippen molar-refractivity contribution in [1.82, 2.24) is 5.32 Å². The molecule has 0 saturated carbocycles. The van der Waals surface area contributed by atoms with E-state index in [0.29, 0.717) is 11.3 Å². The van der Waals surface area contributed by atoms with Gasteiger partial charge in [0.25, 0.3) is 5.91 Å². The maximum absolute atomic E-state index is 13.3. The molecule has 3 aromatic rings. The Morgan fingerprint density at radius 2 is 2.08 bits per heavy atom. The lowest BCUT2D eigenvalue weighted by Crippen LogP contribution is -2.31. The number of nitrogens with zero attached hydrogens (tertiary/aromatic N) is 1. The summed E-state index contributed by atoms with van der Waals surface area (Å²) in [6.07, 6.45) is 0. The number of benzene rings is 2. The lowest BCUT2D eigenvalue weighted by molar-refractivity contribution is -0.385. The highest BCUT2D eigenvalue weighted by Gasteiger charge is 2.19. The highest BCUT2D eigenvalue weighted by Crippen LogP contribution is 2.27. The van der Waals surface area contributed by atoms with Crippen LogP contribution in [0.2, 0.25) is 0 Å². The molecule has 0 bridgehead atoms. The number of para-hydroxylation sites is 1. The van der Waals surface area contributed by atoms with Crippen LogP contribution in [-0.4, -0.2) is 17.4 Å². The minimum atomic E-state index is -0.705. The van der Waals surface area contributed by atoms with Gasteiger partial charge in [0, 0.05) is 17.5 Å². The number of carbonyl (C=O) groups is 1. The van der Waals surface area contributed by atoms with Crippen molar-refractivity contribution >= 4 is 22.6 Å². The molecule has 0 aliphatic heterocycles. The summed E-state index contributed by atoms with van der Waals surface area (Å²) in [7, 11) is 0. The molecule has 26 heavy (non-hydrogen) atoms. The quantitative estimate of drug-likeness (QED) is 0.535. The van der Waals surface area contributed by atoms with Gasteiger partial charge in [-0.3, -0.25) is 14.9 Å². The van der Waals surface area contributed by atoms with Gasteiger partial charge in [0.1, 0.15) is 17.2 Å². The Kier molecular flexibility index (Phi) is 4.83. The van der Waals surface area contributed by atoms with Gasteiger partial charge in [0.15, 0.2) is 6.61 Å². The van der Waals surface area contributed by atoms with Gasteiger partial charge in [-0.25, -0.2) is 4.39 Å². The van der Waals surface area contributed by atoms with Crippen molar-refractivity contribution in [3.05, 3.63) is 70.2 Å². The summed E-state index contributed by atoms with van der Waals surface area (Å²) in [6.45, 7) is 1.25. The van der Waals surface area contributed by atoms with Gasteiger partial charge in [-0.15, -0.1) is 0 Å². The van der Waals surface area contributed by atoms with Crippen LogP contribution in [0.1, 0.15) is 18.7 Å². The molecule has 1 aromatic heterocycles. The van der Waals surface area contributed by atoms with Crippen molar-refractivity contribution in [3.63, 3.8) is 0 Å². The lowest BCUT2D eigenvalue weighted by atomic mass is 10.2. The SMILES string of the molecule is CC(NC(=O)COc1cc(F)ccc1[N+](=O)[O-])c1cc2ccccc2o1. The Balaban J connectivity index is 1.64. The van der Waals surface area contributed by atoms with E-state index in [1.54, 1.807) is 6.92 Å². The molecular weight excluding hydrogens is 343 g/mol. The summed E-state index contributed by atoms with van der Waals surface area (Å²) in [5, 5.41) is 14.5. The number of nitrogens with one attached hydrogen (secondary N) is 1. The average Bonchev–Trinajstić information content (AvgIpc) is 3.04. The number of hydrogen-bond acceptors (Lipinski definition) is 5. The van der Waals surface area contributed by atoms with Gasteiger partial charge in [-0.2, -0.15) is 0 Å². The normalized spacial score (nSPS) is 11.9. The molecule has 2 aromatic carbocycles. The first kappa shape index (κ1) is 17.4. The first-order chi connectivity index (χ1) is 12.4. The molecule has 134 valence electrons. The minimum absolute atomic E-state index is 0.304. The number of nitro groups is 1. The summed E-state index contributed by atoms with van der Waals surface area (Å²) in [6, 6.07) is 11.6. The molecule has 0 aliphatic rings. The molecule has 1 amide bonds. The first-order valence-electron chi connectivity index (χ1n) is 7.78. The van der Waals surface area contributed by atoms with E-state index in [-0.39, 0.29) is 5.75 Å². The van der Waals surface area contributed by atoms with Gasteiger partial charge in [-0.05, 0) is 25.1 Å². The predicted molar refractivity (Wildman–Crippen MR) is 91.3 cm³/mol. The molecule has 1 heterocycles. The molecule has 7 nitrogen and oxygen atoms in total. The number of ether oxygens (including phenoxy) is 1. The summed E-state index contributed by atoms with van der Waals surface area (Å²) in [5.41, 5.74) is 0.291. The number of nitro benzene ring substituents is 1. The number of rotatable bonds is 6. The van der Waals surface area contributed by atoms with Crippen LogP contribution in [0.25, 0.3) is 11.0 Å². The molecule has 0 saturated heterocycles. The van der Waals surface area contributed by atoms with Crippen molar-refractivity contribution in [2.75, 3.05) is 6.61 Å². The number of amides is 1. The smallest absolute Gasteiger partial charge is 0.311 e. The minimum Gasteiger partial charge on any atom is -0.477 e. The van der Waals surface area contributed by atoms with Gasteiger partial charge < -0.3 is 14.5 Å². The maximum Gasteiger partial charge on any atom is 0.311 e. The summed E-state index contributed by atoms with van der Waals surface area (Å²) >= 11 is 0. The van der Waals surface area contributed by atoms with Crippen LogP contribution >= 0.6 is 0 Å². The van der Waals surface area contributed by atoms with Crippen molar-refractivity contribution in [1.29, 1.82) is 0 Å². The lowest BCUT2D eigenvalue weighted by Gasteiger charge is -2.12. The van der Waals surface area contributed by atoms with Crippen LogP contribution in [0.15, 0.2) is 52.9 Å². The molecule has 0 spiro atoms. The van der Waals surface area contributed by atoms with E-state index in [4.69, 9.17) is 9.15 Å². The molecule has 1 unspecified atom stereocenters. The topological polar surface area (TPSA) is 94.6 Å². The molecule has 8 heteroatoms. The van der Waals surface area contributed by atoms with Crippen LogP contribution < -0.4 is 10.1 Å². The Morgan fingerprint density at radius 3 is 2.81 bits per heavy atom. The van der Waals surface area contributed by atoms with Gasteiger partial charge in [0.2, 0.25) is 5.75 Å². The van der Waals surface area contributed by atoms with Gasteiger partial charge in [-0.1, -0.05) is 18.2 Å². The molecule has 3 rings (SSSR count). The summed E-state index contributed by atoms with van der Waals surface area (Å²) in [5.74, 6) is -0.948. The number of halogens is 1. The fraction of sp³-hybridized carbons (Fsp3) is 0.167. The third kappa shape index (κ3) is 3.80. The van der Waals surface area contributed by atoms with E-state index < -0.39 is 35.0 Å². The number of furan rings is 1. The first-order valence-corrected chi connectivity index (χ1v) is 7.78. The van der Waals surface area contributed by atoms with Crippen LogP contribution in [0.4, 0.5) is 10.1 Å². The second-order valence-corrected chi connectivity index (χ2v) is 5.63. The Labute approximate surface area is 147 Å². The van der Waals surface area contributed by atoms with Crippen molar-refractivity contribution in [3.8, 4) is 5.75 Å². The maximum atomic E-state index is 13.3. The van der Waals surface area contributed by atoms with Crippen molar-refractivity contribution in [2.45, 2.75) is 13.0 Å². The molecule has 1 atom stereocenters. The van der Waals surface area contributed by atoms with E-state index in [1.807, 2.05) is 30.3 Å². The largest absolute Gasteiger partial charge is 0.477 e. The third-order valence-electron chi connectivity index (χ3n) is 3.73. The standard InChI is InChI=1S/C18H15FN2O5/c1-11(16-8-12-4-2-3-5-15(12)26-16)20-18(22)10-25-17-9-13(19)6-7-14(17)21(23)24/h2-9,11H,10H2,1H3,(H,20,22). The summed E-state index contributed by atoms with van der Waals surface area (Å²) in [4.78, 5) is 22.3. The van der Waals surface area contributed by atoms with Gasteiger partial charge >= 0.3 is 5.69 Å². The van der Waals surface area contributed by atoms with E-state index in [0.717, 1.165) is 23.6 Å².